The summed E-state index contributed by atoms with van der Waals surface area (Å²) in [6.45, 7) is 10.0. The maximum Gasteiger partial charge on any atom is 0.217 e. The summed E-state index contributed by atoms with van der Waals surface area (Å²) < 4.78 is 13.6. The molecule has 0 radical (unpaired) electrons. The molecule has 6 rings (SSSR count). The van der Waals surface area contributed by atoms with E-state index in [9.17, 15) is 9.90 Å². The Morgan fingerprint density at radius 3 is 2.34 bits per heavy atom. The second-order valence-electron chi connectivity index (χ2n) is 12.9. The lowest BCUT2D eigenvalue weighted by molar-refractivity contribution is -0.276. The monoisotopic (exact) mass is 597 g/mol. The van der Waals surface area contributed by atoms with Crippen molar-refractivity contribution in [1.29, 1.82) is 0 Å². The third-order valence-electron chi connectivity index (χ3n) is 9.69. The van der Waals surface area contributed by atoms with Gasteiger partial charge in [0.2, 0.25) is 5.91 Å². The average Bonchev–Trinajstić information content (AvgIpc) is 3.74. The van der Waals surface area contributed by atoms with E-state index in [-0.39, 0.29) is 30.6 Å². The number of amides is 1. The Bertz CT molecular complexity index is 1370. The summed E-state index contributed by atoms with van der Waals surface area (Å²) >= 11 is 0. The molecule has 44 heavy (non-hydrogen) atoms. The molecule has 7 nitrogen and oxygen atoms in total. The number of aliphatic hydroxyl groups is 1. The summed E-state index contributed by atoms with van der Waals surface area (Å²) in [4.78, 5) is 16.7. The highest BCUT2D eigenvalue weighted by molar-refractivity contribution is 5.73. The van der Waals surface area contributed by atoms with Crippen LogP contribution in [0.5, 0.6) is 0 Å². The van der Waals surface area contributed by atoms with Gasteiger partial charge in [-0.15, -0.1) is 0 Å². The lowest BCUT2D eigenvalue weighted by Gasteiger charge is -2.43. The van der Waals surface area contributed by atoms with Gasteiger partial charge in [-0.2, -0.15) is 0 Å². The van der Waals surface area contributed by atoms with Crippen LogP contribution < -0.4 is 5.32 Å². The smallest absolute Gasteiger partial charge is 0.217 e. The fourth-order valence-electron chi connectivity index (χ4n) is 7.08. The van der Waals surface area contributed by atoms with Crippen LogP contribution in [0.1, 0.15) is 74.2 Å². The molecule has 3 aliphatic heterocycles. The Kier molecular flexibility index (Phi) is 10.1. The number of benzene rings is 3. The second kappa shape index (κ2) is 14.4. The van der Waals surface area contributed by atoms with Crippen LogP contribution in [-0.4, -0.2) is 65.7 Å². The van der Waals surface area contributed by atoms with Gasteiger partial charge in [0.05, 0.1) is 18.8 Å². The normalized spacial score (nSPS) is 26.2. The van der Waals surface area contributed by atoms with E-state index in [4.69, 9.17) is 9.47 Å². The number of carbonyl (C=O) groups is 1. The average molecular weight is 598 g/mol. The van der Waals surface area contributed by atoms with Crippen molar-refractivity contribution >= 4 is 5.91 Å². The van der Waals surface area contributed by atoms with Gasteiger partial charge in [0.25, 0.3) is 0 Å². The molecular weight excluding hydrogens is 550 g/mol. The first-order chi connectivity index (χ1) is 21.5. The number of rotatable bonds is 10. The minimum absolute atomic E-state index is 0.0283. The number of hydrogen-bond donors (Lipinski definition) is 2. The lowest BCUT2D eigenvalue weighted by Crippen LogP contribution is -2.48. The second-order valence-corrected chi connectivity index (χ2v) is 12.9. The van der Waals surface area contributed by atoms with E-state index in [0.717, 1.165) is 46.5 Å². The van der Waals surface area contributed by atoms with Gasteiger partial charge in [-0.25, -0.2) is 0 Å². The van der Waals surface area contributed by atoms with Crippen molar-refractivity contribution in [3.05, 3.63) is 95.1 Å². The van der Waals surface area contributed by atoms with E-state index in [2.05, 4.69) is 70.6 Å². The van der Waals surface area contributed by atoms with E-state index >= 15 is 0 Å². The highest BCUT2D eigenvalue weighted by Gasteiger charge is 2.40. The Morgan fingerprint density at radius 1 is 0.864 bits per heavy atom. The third-order valence-corrected chi connectivity index (χ3v) is 9.69. The van der Waals surface area contributed by atoms with Gasteiger partial charge in [-0.1, -0.05) is 73.7 Å². The number of nitrogens with zero attached hydrogens (tertiary/aromatic N) is 2. The standard InChI is InChI=1S/C37H47N3O4/c1-26-35(24-40-20-6-9-34(40)23-39-18-3-4-19-39)43-37(44-36(26)31-12-10-28(25-41)11-13-31)32-16-14-30(15-17-32)33-8-5-7-29(21-33)22-38-27(2)42/h5,7-8,10-17,21,26,34-37,41H,3-4,6,9,18-20,22-25H2,1-2H3,(H,38,42). The molecule has 3 aliphatic rings. The van der Waals surface area contributed by atoms with Gasteiger partial charge in [0.1, 0.15) is 0 Å². The molecule has 5 atom stereocenters. The number of hydrogen-bond acceptors (Lipinski definition) is 6. The maximum absolute atomic E-state index is 11.4. The van der Waals surface area contributed by atoms with Crippen LogP contribution in [0.2, 0.25) is 0 Å². The predicted octanol–water partition coefficient (Wildman–Crippen LogP) is 5.83. The first-order valence-electron chi connectivity index (χ1n) is 16.4. The Morgan fingerprint density at radius 2 is 1.61 bits per heavy atom. The fourth-order valence-corrected chi connectivity index (χ4v) is 7.08. The minimum Gasteiger partial charge on any atom is -0.392 e. The lowest BCUT2D eigenvalue weighted by atomic mass is 9.89. The van der Waals surface area contributed by atoms with Crippen molar-refractivity contribution in [2.75, 3.05) is 32.7 Å². The molecule has 3 fully saturated rings. The highest BCUT2D eigenvalue weighted by atomic mass is 16.7. The molecule has 0 aromatic heterocycles. The Balaban J connectivity index is 1.21. The molecule has 5 unspecified atom stereocenters. The summed E-state index contributed by atoms with van der Waals surface area (Å²) in [6, 6.07) is 25.5. The van der Waals surface area contributed by atoms with Gasteiger partial charge in [-0.05, 0) is 79.2 Å². The van der Waals surface area contributed by atoms with Crippen molar-refractivity contribution in [2.45, 2.75) is 77.2 Å². The fraction of sp³-hybridized carbons (Fsp3) is 0.486. The third kappa shape index (κ3) is 7.41. The van der Waals surface area contributed by atoms with Crippen LogP contribution in [0.3, 0.4) is 0 Å². The van der Waals surface area contributed by atoms with Crippen molar-refractivity contribution < 1.29 is 19.4 Å². The van der Waals surface area contributed by atoms with Crippen LogP contribution >= 0.6 is 0 Å². The Hall–Kier alpha value is -3.07. The molecule has 3 aromatic carbocycles. The van der Waals surface area contributed by atoms with Crippen LogP contribution in [0.4, 0.5) is 0 Å². The van der Waals surface area contributed by atoms with E-state index in [1.807, 2.05) is 24.3 Å². The number of carbonyl (C=O) groups excluding carboxylic acids is 1. The quantitative estimate of drug-likeness (QED) is 0.306. The van der Waals surface area contributed by atoms with Crippen molar-refractivity contribution in [1.82, 2.24) is 15.1 Å². The molecule has 3 heterocycles. The summed E-state index contributed by atoms with van der Waals surface area (Å²) in [7, 11) is 0. The zero-order chi connectivity index (χ0) is 30.5. The number of ether oxygens (including phenoxy) is 2. The largest absolute Gasteiger partial charge is 0.392 e. The Labute approximate surface area is 262 Å². The highest BCUT2D eigenvalue weighted by Crippen LogP contribution is 2.42. The molecule has 7 heteroatoms. The molecule has 0 saturated carbocycles. The first kappa shape index (κ1) is 30.9. The van der Waals surface area contributed by atoms with E-state index in [1.54, 1.807) is 0 Å². The van der Waals surface area contributed by atoms with Crippen molar-refractivity contribution in [2.24, 2.45) is 5.92 Å². The van der Waals surface area contributed by atoms with Gasteiger partial charge in [0.15, 0.2) is 6.29 Å². The SMILES string of the molecule is CC(=O)NCc1cccc(-c2ccc(C3OC(CN4CCCC4CN4CCCC4)C(C)C(c4ccc(CO)cc4)O3)cc2)c1. The van der Waals surface area contributed by atoms with E-state index in [0.29, 0.717) is 12.6 Å². The van der Waals surface area contributed by atoms with Gasteiger partial charge >= 0.3 is 0 Å². The molecule has 0 spiro atoms. The summed E-state index contributed by atoms with van der Waals surface area (Å²) in [5, 5.41) is 12.5. The number of likely N-dealkylation sites (tertiary alicyclic amines) is 2. The van der Waals surface area contributed by atoms with Crippen LogP contribution in [-0.2, 0) is 27.4 Å². The predicted molar refractivity (Wildman–Crippen MR) is 173 cm³/mol. The van der Waals surface area contributed by atoms with E-state index in [1.165, 1.54) is 52.2 Å². The molecular formula is C37H47N3O4. The number of nitrogens with one attached hydrogen (secondary N) is 1. The van der Waals surface area contributed by atoms with Crippen molar-refractivity contribution in [3.8, 4) is 11.1 Å². The summed E-state index contributed by atoms with van der Waals surface area (Å²) in [5.74, 6) is 0.138. The van der Waals surface area contributed by atoms with Crippen LogP contribution in [0, 0.1) is 5.92 Å². The molecule has 0 bridgehead atoms. The van der Waals surface area contributed by atoms with Gasteiger partial charge in [-0.3, -0.25) is 9.69 Å². The molecule has 3 aromatic rings. The van der Waals surface area contributed by atoms with Crippen LogP contribution in [0.25, 0.3) is 11.1 Å². The minimum atomic E-state index is -0.474. The molecule has 234 valence electrons. The van der Waals surface area contributed by atoms with Crippen LogP contribution in [0.15, 0.2) is 72.8 Å². The van der Waals surface area contributed by atoms with E-state index < -0.39 is 6.29 Å². The zero-order valence-electron chi connectivity index (χ0n) is 26.2. The van der Waals surface area contributed by atoms with Gasteiger partial charge in [0, 0.05) is 44.1 Å². The maximum atomic E-state index is 11.4. The first-order valence-corrected chi connectivity index (χ1v) is 16.4. The number of aliphatic hydroxyl groups excluding tert-OH is 1. The molecule has 1 amide bonds. The van der Waals surface area contributed by atoms with Gasteiger partial charge < -0.3 is 24.8 Å². The molecule has 3 saturated heterocycles. The zero-order valence-corrected chi connectivity index (χ0v) is 26.2. The molecule has 2 N–H and O–H groups in total. The summed E-state index contributed by atoms with van der Waals surface area (Å²) in [6.07, 6.45) is 4.60. The summed E-state index contributed by atoms with van der Waals surface area (Å²) in [5.41, 5.74) is 6.31. The topological polar surface area (TPSA) is 74.3 Å². The molecule has 0 aliphatic carbocycles. The van der Waals surface area contributed by atoms with Crippen molar-refractivity contribution in [3.63, 3.8) is 0 Å².